The van der Waals surface area contributed by atoms with Crippen LogP contribution in [0.15, 0.2) is 28.7 Å². The molecule has 0 unspecified atom stereocenters. The summed E-state index contributed by atoms with van der Waals surface area (Å²) in [5.41, 5.74) is 2.07. The second-order valence-corrected chi connectivity index (χ2v) is 5.37. The number of hydrogen-bond acceptors (Lipinski definition) is 6. The topological polar surface area (TPSA) is 101 Å². The average Bonchev–Trinajstić information content (AvgIpc) is 3.17. The number of aromatic amines is 1. The number of H-pyrrole nitrogens is 1. The molecule has 3 aromatic rings. The Labute approximate surface area is 131 Å². The van der Waals surface area contributed by atoms with Gasteiger partial charge in [0.15, 0.2) is 11.4 Å². The summed E-state index contributed by atoms with van der Waals surface area (Å²) in [4.78, 5) is 4.57. The van der Waals surface area contributed by atoms with Crippen molar-refractivity contribution in [2.24, 2.45) is 0 Å². The third-order valence-corrected chi connectivity index (χ3v) is 3.80. The third kappa shape index (κ3) is 2.34. The summed E-state index contributed by atoms with van der Waals surface area (Å²) in [6, 6.07) is 9.53. The van der Waals surface area contributed by atoms with E-state index in [-0.39, 0.29) is 5.69 Å². The summed E-state index contributed by atoms with van der Waals surface area (Å²) >= 11 is 0. The normalized spacial score (nSPS) is 13.7. The van der Waals surface area contributed by atoms with Crippen molar-refractivity contribution in [2.45, 2.75) is 18.8 Å². The van der Waals surface area contributed by atoms with Crippen molar-refractivity contribution in [1.82, 2.24) is 20.4 Å². The van der Waals surface area contributed by atoms with E-state index in [0.717, 1.165) is 29.9 Å². The lowest BCUT2D eigenvalue weighted by Crippen LogP contribution is -1.88. The van der Waals surface area contributed by atoms with Gasteiger partial charge in [-0.3, -0.25) is 0 Å². The maximum atomic E-state index is 9.16. The molecule has 2 aromatic heterocycles. The van der Waals surface area contributed by atoms with Gasteiger partial charge in [-0.1, -0.05) is 6.07 Å². The standard InChI is InChI=1S/C16H13N5O2/c1-22-11-4-2-3-10(7-11)16-18-14(15(23-16)9-5-6-9)13-12(8-17)19-21-20-13/h2-4,7,9H,5-6H2,1H3,(H,19,20,21). The molecule has 114 valence electrons. The minimum Gasteiger partial charge on any atom is -0.497 e. The number of oxazole rings is 1. The first-order chi connectivity index (χ1) is 11.3. The maximum Gasteiger partial charge on any atom is 0.227 e. The van der Waals surface area contributed by atoms with Crippen molar-refractivity contribution in [3.8, 4) is 34.7 Å². The van der Waals surface area contributed by atoms with Crippen LogP contribution in [-0.2, 0) is 0 Å². The molecule has 23 heavy (non-hydrogen) atoms. The van der Waals surface area contributed by atoms with E-state index >= 15 is 0 Å². The smallest absolute Gasteiger partial charge is 0.227 e. The molecule has 1 fully saturated rings. The molecule has 0 bridgehead atoms. The van der Waals surface area contributed by atoms with Crippen molar-refractivity contribution in [2.75, 3.05) is 7.11 Å². The van der Waals surface area contributed by atoms with Crippen molar-refractivity contribution in [3.05, 3.63) is 35.7 Å². The summed E-state index contributed by atoms with van der Waals surface area (Å²) in [5, 5.41) is 19.5. The number of aromatic nitrogens is 4. The predicted molar refractivity (Wildman–Crippen MR) is 80.6 cm³/mol. The van der Waals surface area contributed by atoms with Crippen LogP contribution in [0.1, 0.15) is 30.2 Å². The lowest BCUT2D eigenvalue weighted by Gasteiger charge is -2.00. The lowest BCUT2D eigenvalue weighted by molar-refractivity contribution is 0.414. The molecule has 7 nitrogen and oxygen atoms in total. The van der Waals surface area contributed by atoms with Crippen LogP contribution in [0, 0.1) is 11.3 Å². The number of ether oxygens (including phenoxy) is 1. The SMILES string of the molecule is COc1cccc(-c2nc(-c3n[nH]nc3C#N)c(C3CC3)o2)c1. The number of hydrogen-bond donors (Lipinski definition) is 1. The van der Waals surface area contributed by atoms with Gasteiger partial charge in [0, 0.05) is 11.5 Å². The Kier molecular flexibility index (Phi) is 3.08. The van der Waals surface area contributed by atoms with Crippen LogP contribution in [0.25, 0.3) is 22.8 Å². The molecule has 0 spiro atoms. The fraction of sp³-hybridized carbons (Fsp3) is 0.250. The summed E-state index contributed by atoms with van der Waals surface area (Å²) in [6.45, 7) is 0. The zero-order chi connectivity index (χ0) is 15.8. The van der Waals surface area contributed by atoms with Crippen molar-refractivity contribution < 1.29 is 9.15 Å². The second-order valence-electron chi connectivity index (χ2n) is 5.37. The number of methoxy groups -OCH3 is 1. The molecule has 1 aliphatic rings. The lowest BCUT2D eigenvalue weighted by atomic mass is 10.2. The Balaban J connectivity index is 1.84. The van der Waals surface area contributed by atoms with Crippen molar-refractivity contribution in [3.63, 3.8) is 0 Å². The highest BCUT2D eigenvalue weighted by atomic mass is 16.5. The zero-order valence-electron chi connectivity index (χ0n) is 12.4. The van der Waals surface area contributed by atoms with E-state index in [1.165, 1.54) is 0 Å². The molecular formula is C16H13N5O2. The van der Waals surface area contributed by atoms with Crippen LogP contribution in [0.4, 0.5) is 0 Å². The third-order valence-electron chi connectivity index (χ3n) is 3.80. The van der Waals surface area contributed by atoms with E-state index in [4.69, 9.17) is 14.4 Å². The van der Waals surface area contributed by atoms with Gasteiger partial charge in [-0.15, -0.1) is 5.10 Å². The van der Waals surface area contributed by atoms with Crippen LogP contribution in [0.3, 0.4) is 0 Å². The van der Waals surface area contributed by atoms with E-state index in [0.29, 0.717) is 23.2 Å². The van der Waals surface area contributed by atoms with Crippen molar-refractivity contribution in [1.29, 1.82) is 5.26 Å². The number of nitrogens with one attached hydrogen (secondary N) is 1. The van der Waals surface area contributed by atoms with E-state index in [1.54, 1.807) is 7.11 Å². The molecule has 0 saturated heterocycles. The van der Waals surface area contributed by atoms with Gasteiger partial charge in [0.1, 0.15) is 23.3 Å². The van der Waals surface area contributed by atoms with Crippen LogP contribution < -0.4 is 4.74 Å². The first-order valence-corrected chi connectivity index (χ1v) is 7.26. The molecule has 0 radical (unpaired) electrons. The molecule has 1 aromatic carbocycles. The van der Waals surface area contributed by atoms with Gasteiger partial charge in [-0.05, 0) is 31.0 Å². The zero-order valence-corrected chi connectivity index (χ0v) is 12.4. The van der Waals surface area contributed by atoms with Gasteiger partial charge < -0.3 is 9.15 Å². The van der Waals surface area contributed by atoms with Gasteiger partial charge in [-0.2, -0.15) is 15.6 Å². The Morgan fingerprint density at radius 2 is 2.17 bits per heavy atom. The molecular weight excluding hydrogens is 294 g/mol. The van der Waals surface area contributed by atoms with E-state index in [9.17, 15) is 0 Å². The van der Waals surface area contributed by atoms with E-state index < -0.39 is 0 Å². The molecule has 7 heteroatoms. The highest BCUT2D eigenvalue weighted by Crippen LogP contribution is 2.46. The van der Waals surface area contributed by atoms with Crippen molar-refractivity contribution >= 4 is 0 Å². The fourth-order valence-electron chi connectivity index (χ4n) is 2.48. The van der Waals surface area contributed by atoms with E-state index in [1.807, 2.05) is 30.3 Å². The number of nitrogens with zero attached hydrogens (tertiary/aromatic N) is 4. The number of rotatable bonds is 4. The first-order valence-electron chi connectivity index (χ1n) is 7.26. The molecule has 4 rings (SSSR count). The molecule has 0 atom stereocenters. The van der Waals surface area contributed by atoms with Gasteiger partial charge in [0.05, 0.1) is 7.11 Å². The Morgan fingerprint density at radius 3 is 2.91 bits per heavy atom. The molecule has 0 aliphatic heterocycles. The molecule has 1 saturated carbocycles. The minimum atomic E-state index is 0.220. The summed E-state index contributed by atoms with van der Waals surface area (Å²) in [7, 11) is 1.62. The summed E-state index contributed by atoms with van der Waals surface area (Å²) in [6.07, 6.45) is 2.11. The van der Waals surface area contributed by atoms with E-state index in [2.05, 4.69) is 20.4 Å². The van der Waals surface area contributed by atoms with Crippen LogP contribution >= 0.6 is 0 Å². The highest BCUT2D eigenvalue weighted by Gasteiger charge is 2.34. The Morgan fingerprint density at radius 1 is 1.30 bits per heavy atom. The summed E-state index contributed by atoms with van der Waals surface area (Å²) in [5.74, 6) is 2.33. The van der Waals surface area contributed by atoms with Gasteiger partial charge >= 0.3 is 0 Å². The fourth-order valence-corrected chi connectivity index (χ4v) is 2.48. The van der Waals surface area contributed by atoms with Gasteiger partial charge in [0.25, 0.3) is 0 Å². The molecule has 0 amide bonds. The molecule has 1 N–H and O–H groups in total. The van der Waals surface area contributed by atoms with Gasteiger partial charge in [-0.25, -0.2) is 4.98 Å². The van der Waals surface area contributed by atoms with Crippen LogP contribution in [0.2, 0.25) is 0 Å². The quantitative estimate of drug-likeness (QED) is 0.795. The molecule has 2 heterocycles. The average molecular weight is 307 g/mol. The number of benzene rings is 1. The summed E-state index contributed by atoms with van der Waals surface area (Å²) < 4.78 is 11.2. The second kappa shape index (κ2) is 5.25. The monoisotopic (exact) mass is 307 g/mol. The first kappa shape index (κ1) is 13.5. The Bertz CT molecular complexity index is 901. The maximum absolute atomic E-state index is 9.16. The van der Waals surface area contributed by atoms with Gasteiger partial charge in [0.2, 0.25) is 5.89 Å². The van der Waals surface area contributed by atoms with Crippen LogP contribution in [-0.4, -0.2) is 27.5 Å². The predicted octanol–water partition coefficient (Wildman–Crippen LogP) is 2.88. The largest absolute Gasteiger partial charge is 0.497 e. The number of nitriles is 1. The van der Waals surface area contributed by atoms with Crippen LogP contribution in [0.5, 0.6) is 5.75 Å². The molecule has 1 aliphatic carbocycles. The minimum absolute atomic E-state index is 0.220. The highest BCUT2D eigenvalue weighted by molar-refractivity contribution is 5.67. The Hall–Kier alpha value is -3.14.